The molecule has 9 heteroatoms. The second kappa shape index (κ2) is 6.56. The molecule has 1 N–H and O–H groups in total. The van der Waals surface area contributed by atoms with Gasteiger partial charge in [-0.05, 0) is 44.7 Å². The van der Waals surface area contributed by atoms with Gasteiger partial charge >= 0.3 is 0 Å². The van der Waals surface area contributed by atoms with Gasteiger partial charge in [0.2, 0.25) is 11.8 Å². The first-order chi connectivity index (χ1) is 12.2. The Morgan fingerprint density at radius 1 is 1.15 bits per heavy atom. The number of amidine groups is 1. The van der Waals surface area contributed by atoms with Crippen LogP contribution in [0.25, 0.3) is 5.69 Å². The zero-order valence-corrected chi connectivity index (χ0v) is 16.1. The highest BCUT2D eigenvalue weighted by atomic mass is 32.2. The minimum absolute atomic E-state index is 0.246. The summed E-state index contributed by atoms with van der Waals surface area (Å²) < 4.78 is 1.73. The third-order valence-corrected chi connectivity index (χ3v) is 5.22. The second-order valence-electron chi connectivity index (χ2n) is 6.27. The maximum absolute atomic E-state index is 12.1. The van der Waals surface area contributed by atoms with Crippen molar-refractivity contribution in [2.75, 3.05) is 0 Å². The summed E-state index contributed by atoms with van der Waals surface area (Å²) in [7, 11) is 0. The van der Waals surface area contributed by atoms with Gasteiger partial charge in [0, 0.05) is 13.8 Å². The Morgan fingerprint density at radius 3 is 2.38 bits per heavy atom. The lowest BCUT2D eigenvalue weighted by Gasteiger charge is -2.29. The summed E-state index contributed by atoms with van der Waals surface area (Å²) in [5.74, 6) is -0.492. The summed E-state index contributed by atoms with van der Waals surface area (Å²) >= 11 is 1.26. The Morgan fingerprint density at radius 2 is 1.81 bits per heavy atom. The number of amides is 2. The fraction of sp³-hybridized carbons (Fsp3) is 0.353. The second-order valence-corrected chi connectivity index (χ2v) is 7.66. The van der Waals surface area contributed by atoms with Gasteiger partial charge in [-0.3, -0.25) is 9.59 Å². The van der Waals surface area contributed by atoms with E-state index in [2.05, 4.69) is 20.7 Å². The summed E-state index contributed by atoms with van der Waals surface area (Å²) in [6.45, 7) is 8.59. The third-order valence-electron chi connectivity index (χ3n) is 4.08. The molecular formula is C17H20N6O2S. The van der Waals surface area contributed by atoms with Crippen LogP contribution in [0.15, 0.2) is 29.4 Å². The Kier molecular flexibility index (Phi) is 4.57. The van der Waals surface area contributed by atoms with Crippen LogP contribution in [0.1, 0.15) is 37.7 Å². The molecule has 1 aliphatic heterocycles. The first-order valence-corrected chi connectivity index (χ1v) is 8.90. The van der Waals surface area contributed by atoms with Crippen LogP contribution in [0.2, 0.25) is 0 Å². The van der Waals surface area contributed by atoms with Crippen molar-refractivity contribution in [3.63, 3.8) is 0 Å². The standard InChI is InChI=1S/C17H20N6O2S/c1-10-6-8-14(9-7-10)22-11(2)15(19-21-22)17(5)23(13(4)25)20-16(26-17)18-12(3)24/h6-9H,1-5H3,(H,18,20,24). The molecule has 0 aliphatic carbocycles. The topological polar surface area (TPSA) is 92.5 Å². The molecule has 26 heavy (non-hydrogen) atoms. The molecule has 2 aromatic rings. The summed E-state index contributed by atoms with van der Waals surface area (Å²) in [5, 5.41) is 17.2. The maximum Gasteiger partial charge on any atom is 0.241 e. The number of aryl methyl sites for hydroxylation is 1. The predicted molar refractivity (Wildman–Crippen MR) is 99.5 cm³/mol. The van der Waals surface area contributed by atoms with Gasteiger partial charge in [0.05, 0.1) is 11.4 Å². The predicted octanol–water partition coefficient (Wildman–Crippen LogP) is 2.06. The lowest BCUT2D eigenvalue weighted by Crippen LogP contribution is -2.38. The SMILES string of the molecule is CC(=O)NC1=NN(C(C)=O)C(C)(c2nnn(-c3ccc(C)cc3)c2C)S1. The first-order valence-electron chi connectivity index (χ1n) is 8.08. The van der Waals surface area contributed by atoms with E-state index in [0.29, 0.717) is 10.9 Å². The van der Waals surface area contributed by atoms with E-state index in [9.17, 15) is 9.59 Å². The molecule has 0 spiro atoms. The zero-order chi connectivity index (χ0) is 19.1. The Balaban J connectivity index is 2.01. The minimum Gasteiger partial charge on any atom is -0.304 e. The van der Waals surface area contributed by atoms with Crippen LogP contribution in [0.4, 0.5) is 0 Å². The molecular weight excluding hydrogens is 352 g/mol. The molecule has 0 saturated carbocycles. The number of aromatic nitrogens is 3. The molecule has 0 saturated heterocycles. The van der Waals surface area contributed by atoms with E-state index in [1.807, 2.05) is 45.0 Å². The Hall–Kier alpha value is -2.68. The van der Waals surface area contributed by atoms with Crippen LogP contribution in [0.5, 0.6) is 0 Å². The number of carbonyl (C=O) groups excluding carboxylic acids is 2. The summed E-state index contributed by atoms with van der Waals surface area (Å²) in [4.78, 5) is 22.6. The van der Waals surface area contributed by atoms with Gasteiger partial charge in [0.25, 0.3) is 0 Å². The Bertz CT molecular complexity index is 904. The lowest BCUT2D eigenvalue weighted by molar-refractivity contribution is -0.132. The van der Waals surface area contributed by atoms with Gasteiger partial charge in [-0.2, -0.15) is 0 Å². The molecule has 2 amide bonds. The van der Waals surface area contributed by atoms with Gasteiger partial charge < -0.3 is 5.32 Å². The molecule has 1 aliphatic rings. The van der Waals surface area contributed by atoms with Crippen molar-refractivity contribution in [3.05, 3.63) is 41.2 Å². The third kappa shape index (κ3) is 3.10. The lowest BCUT2D eigenvalue weighted by atomic mass is 10.1. The van der Waals surface area contributed by atoms with Crippen LogP contribution < -0.4 is 5.32 Å². The van der Waals surface area contributed by atoms with Crippen LogP contribution in [-0.4, -0.2) is 37.0 Å². The monoisotopic (exact) mass is 372 g/mol. The first kappa shape index (κ1) is 18.1. The number of hydrogen-bond donors (Lipinski definition) is 1. The average Bonchev–Trinajstić information content (AvgIpc) is 3.09. The van der Waals surface area contributed by atoms with E-state index in [0.717, 1.165) is 16.9 Å². The summed E-state index contributed by atoms with van der Waals surface area (Å²) in [5.41, 5.74) is 3.45. The number of thioether (sulfide) groups is 1. The maximum atomic E-state index is 12.1. The van der Waals surface area contributed by atoms with Gasteiger partial charge in [-0.1, -0.05) is 22.9 Å². The molecule has 1 aromatic heterocycles. The molecule has 1 unspecified atom stereocenters. The highest BCUT2D eigenvalue weighted by Crippen LogP contribution is 2.45. The molecule has 136 valence electrons. The number of rotatable bonds is 2. The van der Waals surface area contributed by atoms with E-state index in [4.69, 9.17) is 0 Å². The van der Waals surface area contributed by atoms with E-state index < -0.39 is 4.87 Å². The molecule has 0 bridgehead atoms. The largest absolute Gasteiger partial charge is 0.304 e. The normalized spacial score (nSPS) is 19.4. The minimum atomic E-state index is -0.892. The van der Waals surface area contributed by atoms with Gasteiger partial charge in [0.1, 0.15) is 5.69 Å². The van der Waals surface area contributed by atoms with Crippen LogP contribution in [0.3, 0.4) is 0 Å². The summed E-state index contributed by atoms with van der Waals surface area (Å²) in [6, 6.07) is 7.93. The van der Waals surface area contributed by atoms with Gasteiger partial charge in [-0.25, -0.2) is 9.69 Å². The van der Waals surface area contributed by atoms with Crippen molar-refractivity contribution in [2.24, 2.45) is 5.10 Å². The van der Waals surface area contributed by atoms with Crippen molar-refractivity contribution in [1.29, 1.82) is 0 Å². The molecule has 2 heterocycles. The fourth-order valence-electron chi connectivity index (χ4n) is 2.85. The van der Waals surface area contributed by atoms with Crippen molar-refractivity contribution in [3.8, 4) is 5.69 Å². The number of benzene rings is 1. The van der Waals surface area contributed by atoms with Crippen molar-refractivity contribution < 1.29 is 9.59 Å². The zero-order valence-electron chi connectivity index (χ0n) is 15.3. The molecule has 8 nitrogen and oxygen atoms in total. The molecule has 1 atom stereocenters. The Labute approximate surface area is 155 Å². The van der Waals surface area contributed by atoms with Crippen LogP contribution in [-0.2, 0) is 14.5 Å². The highest BCUT2D eigenvalue weighted by Gasteiger charge is 2.47. The van der Waals surface area contributed by atoms with Crippen LogP contribution >= 0.6 is 11.8 Å². The highest BCUT2D eigenvalue weighted by molar-refractivity contribution is 8.14. The fourth-order valence-corrected chi connectivity index (χ4v) is 4.08. The van der Waals surface area contributed by atoms with Crippen molar-refractivity contribution >= 4 is 28.7 Å². The van der Waals surface area contributed by atoms with Crippen molar-refractivity contribution in [1.82, 2.24) is 25.3 Å². The molecule has 0 fully saturated rings. The van der Waals surface area contributed by atoms with E-state index >= 15 is 0 Å². The molecule has 1 aromatic carbocycles. The number of hydrazone groups is 1. The van der Waals surface area contributed by atoms with Crippen LogP contribution in [0, 0.1) is 13.8 Å². The average molecular weight is 372 g/mol. The van der Waals surface area contributed by atoms with Gasteiger partial charge in [-0.15, -0.1) is 10.2 Å². The van der Waals surface area contributed by atoms with E-state index in [1.54, 1.807) is 4.68 Å². The smallest absolute Gasteiger partial charge is 0.241 e. The number of hydrogen-bond acceptors (Lipinski definition) is 6. The van der Waals surface area contributed by atoms with Crippen molar-refractivity contribution in [2.45, 2.75) is 39.5 Å². The molecule has 0 radical (unpaired) electrons. The number of nitrogens with one attached hydrogen (secondary N) is 1. The van der Waals surface area contributed by atoms with Gasteiger partial charge in [0.15, 0.2) is 10.0 Å². The van der Waals surface area contributed by atoms with E-state index in [-0.39, 0.29) is 11.8 Å². The molecule has 3 rings (SSSR count). The summed E-state index contributed by atoms with van der Waals surface area (Å²) in [6.07, 6.45) is 0. The number of carbonyl (C=O) groups is 2. The quantitative estimate of drug-likeness (QED) is 0.871. The van der Waals surface area contributed by atoms with E-state index in [1.165, 1.54) is 30.6 Å². The number of nitrogens with zero attached hydrogens (tertiary/aromatic N) is 5.